The largest absolute Gasteiger partial charge is 0.394 e. The highest BCUT2D eigenvalue weighted by Crippen LogP contribution is 2.66. The smallest absolute Gasteiger partial charge is 0.244 e. The molecule has 1 aromatic carbocycles. The molecule has 3 aliphatic heterocycles. The first kappa shape index (κ1) is 22.1. The van der Waals surface area contributed by atoms with Gasteiger partial charge in [-0.1, -0.05) is 25.1 Å². The van der Waals surface area contributed by atoms with Crippen LogP contribution in [0.2, 0.25) is 0 Å². The van der Waals surface area contributed by atoms with Crippen LogP contribution in [-0.2, 0) is 14.4 Å². The summed E-state index contributed by atoms with van der Waals surface area (Å²) in [5.41, 5.74) is 0.701. The van der Waals surface area contributed by atoms with E-state index < -0.39 is 28.7 Å². The van der Waals surface area contributed by atoms with Crippen molar-refractivity contribution in [3.05, 3.63) is 30.3 Å². The number of para-hydroxylation sites is 1. The molecular weight excluding hydrogens is 414 g/mol. The number of anilines is 1. The zero-order valence-electron chi connectivity index (χ0n) is 18.2. The highest BCUT2D eigenvalue weighted by molar-refractivity contribution is 8.02. The Bertz CT molecular complexity index is 860. The van der Waals surface area contributed by atoms with Crippen LogP contribution in [0.15, 0.2) is 30.3 Å². The lowest BCUT2D eigenvalue weighted by molar-refractivity contribution is -0.142. The van der Waals surface area contributed by atoms with Gasteiger partial charge < -0.3 is 20.6 Å². The molecule has 3 heterocycles. The summed E-state index contributed by atoms with van der Waals surface area (Å²) in [7, 11) is 0. The molecular formula is C23H31N3O4S. The molecule has 3 amide bonds. The Balaban J connectivity index is 1.70. The zero-order valence-corrected chi connectivity index (χ0v) is 19.0. The van der Waals surface area contributed by atoms with Gasteiger partial charge in [0.15, 0.2) is 0 Å². The van der Waals surface area contributed by atoms with Gasteiger partial charge in [0.1, 0.15) is 6.04 Å². The van der Waals surface area contributed by atoms with E-state index in [9.17, 15) is 19.5 Å². The van der Waals surface area contributed by atoms with Crippen molar-refractivity contribution in [2.75, 3.05) is 11.9 Å². The van der Waals surface area contributed by atoms with E-state index in [-0.39, 0.29) is 35.6 Å². The molecule has 31 heavy (non-hydrogen) atoms. The lowest BCUT2D eigenvalue weighted by atomic mass is 9.70. The van der Waals surface area contributed by atoms with Gasteiger partial charge in [-0.15, -0.1) is 11.8 Å². The fourth-order valence-corrected chi connectivity index (χ4v) is 7.81. The quantitative estimate of drug-likeness (QED) is 0.596. The van der Waals surface area contributed by atoms with Crippen LogP contribution < -0.4 is 10.6 Å². The van der Waals surface area contributed by atoms with Crippen molar-refractivity contribution in [2.45, 2.75) is 68.2 Å². The maximum absolute atomic E-state index is 13.7. The molecule has 3 saturated heterocycles. The number of nitrogens with zero attached hydrogens (tertiary/aromatic N) is 1. The predicted molar refractivity (Wildman–Crippen MR) is 120 cm³/mol. The predicted octanol–water partition coefficient (Wildman–Crippen LogP) is 2.01. The number of carbonyl (C=O) groups excluding carboxylic acids is 3. The summed E-state index contributed by atoms with van der Waals surface area (Å²) in [6.07, 6.45) is 2.07. The van der Waals surface area contributed by atoms with Gasteiger partial charge in [0.25, 0.3) is 0 Å². The first-order valence-electron chi connectivity index (χ1n) is 11.1. The summed E-state index contributed by atoms with van der Waals surface area (Å²) in [5.74, 6) is -1.56. The molecule has 3 aliphatic rings. The number of benzene rings is 1. The van der Waals surface area contributed by atoms with Crippen molar-refractivity contribution in [2.24, 2.45) is 11.8 Å². The van der Waals surface area contributed by atoms with Crippen LogP contribution in [-0.4, -0.2) is 62.5 Å². The number of carbonyl (C=O) groups is 3. The molecule has 4 rings (SSSR count). The highest BCUT2D eigenvalue weighted by Gasteiger charge is 2.74. The van der Waals surface area contributed by atoms with E-state index in [0.717, 1.165) is 12.8 Å². The second-order valence-corrected chi connectivity index (χ2v) is 10.7. The Hall–Kier alpha value is -2.06. The molecule has 0 radical (unpaired) electrons. The Morgan fingerprint density at radius 1 is 1.26 bits per heavy atom. The second-order valence-electron chi connectivity index (χ2n) is 9.06. The van der Waals surface area contributed by atoms with E-state index in [1.807, 2.05) is 51.1 Å². The first-order chi connectivity index (χ1) is 14.8. The Morgan fingerprint density at radius 2 is 1.97 bits per heavy atom. The van der Waals surface area contributed by atoms with E-state index in [2.05, 4.69) is 10.6 Å². The second kappa shape index (κ2) is 8.47. The fraction of sp³-hybridized carbons (Fsp3) is 0.609. The molecule has 1 spiro atoms. The lowest BCUT2D eigenvalue weighted by Gasteiger charge is -2.37. The monoisotopic (exact) mass is 445 g/mol. The molecule has 3 fully saturated rings. The number of nitrogens with one attached hydrogen (secondary N) is 2. The van der Waals surface area contributed by atoms with Crippen molar-refractivity contribution < 1.29 is 19.5 Å². The van der Waals surface area contributed by atoms with E-state index in [0.29, 0.717) is 12.1 Å². The van der Waals surface area contributed by atoms with Crippen LogP contribution >= 0.6 is 11.8 Å². The molecule has 0 aliphatic carbocycles. The molecule has 8 heteroatoms. The number of fused-ring (bicyclic) bond motifs is 1. The number of hydrogen-bond donors (Lipinski definition) is 3. The number of aliphatic hydroxyl groups is 1. The fourth-order valence-electron chi connectivity index (χ4n) is 5.61. The third-order valence-corrected chi connectivity index (χ3v) is 8.79. The SMILES string of the molecule is CC[C@@H](CO)N1C(=O)[C@@H]2[C@@H](C(=O)Nc3ccccc3)[C@H]3CCC2(S3)C1C(=O)NC(C)C. The van der Waals surface area contributed by atoms with Crippen LogP contribution in [0, 0.1) is 11.8 Å². The average molecular weight is 446 g/mol. The summed E-state index contributed by atoms with van der Waals surface area (Å²) in [6, 6.07) is 8.08. The molecule has 3 N–H and O–H groups in total. The van der Waals surface area contributed by atoms with Crippen LogP contribution in [0.4, 0.5) is 5.69 Å². The number of likely N-dealkylation sites (tertiary alicyclic amines) is 1. The van der Waals surface area contributed by atoms with Gasteiger partial charge in [-0.3, -0.25) is 14.4 Å². The van der Waals surface area contributed by atoms with Crippen molar-refractivity contribution in [1.82, 2.24) is 10.2 Å². The highest BCUT2D eigenvalue weighted by atomic mass is 32.2. The van der Waals surface area contributed by atoms with Gasteiger partial charge in [-0.25, -0.2) is 0 Å². The summed E-state index contributed by atoms with van der Waals surface area (Å²) in [4.78, 5) is 42.0. The summed E-state index contributed by atoms with van der Waals surface area (Å²) in [6.45, 7) is 5.49. The van der Waals surface area contributed by atoms with Crippen molar-refractivity contribution in [3.8, 4) is 0 Å². The molecule has 6 atom stereocenters. The van der Waals surface area contributed by atoms with Crippen LogP contribution in [0.5, 0.6) is 0 Å². The number of thioether (sulfide) groups is 1. The molecule has 7 nitrogen and oxygen atoms in total. The molecule has 0 aromatic heterocycles. The van der Waals surface area contributed by atoms with Gasteiger partial charge in [0.05, 0.1) is 29.2 Å². The number of hydrogen-bond acceptors (Lipinski definition) is 5. The summed E-state index contributed by atoms with van der Waals surface area (Å²) in [5, 5.41) is 15.9. The van der Waals surface area contributed by atoms with Crippen molar-refractivity contribution in [1.29, 1.82) is 0 Å². The van der Waals surface area contributed by atoms with E-state index in [1.165, 1.54) is 0 Å². The van der Waals surface area contributed by atoms with Gasteiger partial charge in [-0.2, -0.15) is 0 Å². The third-order valence-electron chi connectivity index (χ3n) is 6.84. The van der Waals surface area contributed by atoms with Gasteiger partial charge in [0, 0.05) is 17.0 Å². The summed E-state index contributed by atoms with van der Waals surface area (Å²) >= 11 is 1.64. The normalized spacial score (nSPS) is 32.3. The maximum Gasteiger partial charge on any atom is 0.244 e. The van der Waals surface area contributed by atoms with E-state index in [4.69, 9.17) is 0 Å². The van der Waals surface area contributed by atoms with Crippen molar-refractivity contribution in [3.63, 3.8) is 0 Å². The molecule has 2 bridgehead atoms. The van der Waals surface area contributed by atoms with Crippen LogP contribution in [0.1, 0.15) is 40.0 Å². The van der Waals surface area contributed by atoms with Gasteiger partial charge in [-0.05, 0) is 45.2 Å². The lowest BCUT2D eigenvalue weighted by Crippen LogP contribution is -2.57. The van der Waals surface area contributed by atoms with Crippen molar-refractivity contribution >= 4 is 35.2 Å². The molecule has 1 aromatic rings. The minimum atomic E-state index is -0.672. The maximum atomic E-state index is 13.7. The topological polar surface area (TPSA) is 98.7 Å². The Labute approximate surface area is 187 Å². The number of aliphatic hydroxyl groups excluding tert-OH is 1. The van der Waals surface area contributed by atoms with E-state index in [1.54, 1.807) is 16.7 Å². The standard InChI is InChI=1S/C23H31N3O4S/c1-4-15(12-27)26-19(21(29)24-13(2)3)23-11-10-16(31-23)17(18(23)22(26)30)20(28)25-14-8-6-5-7-9-14/h5-9,13,15-19,27H,4,10-12H2,1-3H3,(H,24,29)(H,25,28)/t15-,16+,17-,18-,19?,23?/m0/s1. The van der Waals surface area contributed by atoms with Crippen LogP contribution in [0.25, 0.3) is 0 Å². The number of amides is 3. The third kappa shape index (κ3) is 3.53. The minimum absolute atomic E-state index is 0.0170. The molecule has 0 saturated carbocycles. The van der Waals surface area contributed by atoms with Crippen LogP contribution in [0.3, 0.4) is 0 Å². The van der Waals surface area contributed by atoms with E-state index >= 15 is 0 Å². The average Bonchev–Trinajstić information content (AvgIpc) is 3.37. The molecule has 2 unspecified atom stereocenters. The zero-order chi connectivity index (χ0) is 22.3. The Morgan fingerprint density at radius 3 is 2.58 bits per heavy atom. The van der Waals surface area contributed by atoms with Gasteiger partial charge >= 0.3 is 0 Å². The minimum Gasteiger partial charge on any atom is -0.394 e. The number of rotatable bonds is 7. The van der Waals surface area contributed by atoms with Gasteiger partial charge in [0.2, 0.25) is 17.7 Å². The first-order valence-corrected chi connectivity index (χ1v) is 12.0. The summed E-state index contributed by atoms with van der Waals surface area (Å²) < 4.78 is -0.623. The molecule has 168 valence electrons. The Kier molecular flexibility index (Phi) is 6.05.